The summed E-state index contributed by atoms with van der Waals surface area (Å²) in [6.07, 6.45) is 1.34. The molecule has 0 saturated carbocycles. The van der Waals surface area contributed by atoms with E-state index in [1.54, 1.807) is 19.2 Å². The van der Waals surface area contributed by atoms with Crippen molar-refractivity contribution in [2.45, 2.75) is 6.54 Å². The Morgan fingerprint density at radius 2 is 2.00 bits per heavy atom. The van der Waals surface area contributed by atoms with Crippen molar-refractivity contribution in [2.24, 2.45) is 7.05 Å². The number of ether oxygens (including phenoxy) is 1. The van der Waals surface area contributed by atoms with Gasteiger partial charge in [0.15, 0.2) is 0 Å². The number of pyridine rings is 1. The van der Waals surface area contributed by atoms with E-state index in [0.29, 0.717) is 6.54 Å². The monoisotopic (exact) mass is 340 g/mol. The fourth-order valence-electron chi connectivity index (χ4n) is 2.39. The van der Waals surface area contributed by atoms with Gasteiger partial charge in [-0.1, -0.05) is 12.1 Å². The van der Waals surface area contributed by atoms with Gasteiger partial charge in [-0.3, -0.25) is 19.1 Å². The van der Waals surface area contributed by atoms with Crippen LogP contribution in [0.1, 0.15) is 15.9 Å². The first-order chi connectivity index (χ1) is 12.0. The van der Waals surface area contributed by atoms with Crippen LogP contribution in [0.25, 0.3) is 11.0 Å². The minimum absolute atomic E-state index is 0.180. The maximum Gasteiger partial charge on any atom is 0.329 e. The normalized spacial score (nSPS) is 10.6. The summed E-state index contributed by atoms with van der Waals surface area (Å²) in [5, 5.41) is 2.94. The average molecular weight is 340 g/mol. The van der Waals surface area contributed by atoms with E-state index in [1.807, 2.05) is 12.1 Å². The molecule has 1 amide bonds. The molecular weight excluding hydrogens is 324 g/mol. The quantitative estimate of drug-likeness (QED) is 0.722. The number of hydrogen-bond acceptors (Lipinski definition) is 5. The zero-order valence-electron chi connectivity index (χ0n) is 13.7. The number of rotatable bonds is 4. The molecule has 8 heteroatoms. The summed E-state index contributed by atoms with van der Waals surface area (Å²) in [5.74, 6) is 0.372. The third kappa shape index (κ3) is 3.27. The third-order valence-electron chi connectivity index (χ3n) is 3.83. The van der Waals surface area contributed by atoms with Crippen LogP contribution in [-0.4, -0.2) is 27.6 Å². The first kappa shape index (κ1) is 16.4. The largest absolute Gasteiger partial charge is 0.497 e. The average Bonchev–Trinajstić information content (AvgIpc) is 2.64. The van der Waals surface area contributed by atoms with Gasteiger partial charge in [-0.15, -0.1) is 0 Å². The summed E-state index contributed by atoms with van der Waals surface area (Å²) in [5.41, 5.74) is 0.242. The number of aromatic amines is 1. The summed E-state index contributed by atoms with van der Waals surface area (Å²) in [4.78, 5) is 42.0. The van der Waals surface area contributed by atoms with Crippen molar-refractivity contribution >= 4 is 16.9 Å². The molecule has 8 nitrogen and oxygen atoms in total. The highest BCUT2D eigenvalue weighted by Gasteiger charge is 2.11. The van der Waals surface area contributed by atoms with Crippen molar-refractivity contribution in [3.8, 4) is 5.75 Å². The maximum atomic E-state index is 12.3. The molecule has 0 saturated heterocycles. The second kappa shape index (κ2) is 6.60. The number of H-pyrrole nitrogens is 1. The number of amides is 1. The molecule has 0 aliphatic heterocycles. The van der Waals surface area contributed by atoms with Crippen LogP contribution in [0, 0.1) is 0 Å². The second-order valence-electron chi connectivity index (χ2n) is 5.44. The van der Waals surface area contributed by atoms with Crippen molar-refractivity contribution < 1.29 is 9.53 Å². The molecule has 0 radical (unpaired) electrons. The Hall–Kier alpha value is -3.42. The van der Waals surface area contributed by atoms with E-state index >= 15 is 0 Å². The maximum absolute atomic E-state index is 12.3. The third-order valence-corrected chi connectivity index (χ3v) is 3.83. The second-order valence-corrected chi connectivity index (χ2v) is 5.44. The van der Waals surface area contributed by atoms with Gasteiger partial charge in [0.25, 0.3) is 11.5 Å². The Kier molecular flexibility index (Phi) is 4.34. The van der Waals surface area contributed by atoms with Crippen molar-refractivity contribution in [2.75, 3.05) is 7.11 Å². The first-order valence-corrected chi connectivity index (χ1v) is 7.50. The van der Waals surface area contributed by atoms with Crippen LogP contribution in [0.2, 0.25) is 0 Å². The highest BCUT2D eigenvalue weighted by Crippen LogP contribution is 2.11. The predicted octanol–water partition coefficient (Wildman–Crippen LogP) is 0.560. The topological polar surface area (TPSA) is 106 Å². The van der Waals surface area contributed by atoms with Gasteiger partial charge < -0.3 is 10.1 Å². The van der Waals surface area contributed by atoms with E-state index in [9.17, 15) is 14.4 Å². The van der Waals surface area contributed by atoms with Gasteiger partial charge in [-0.05, 0) is 23.8 Å². The Balaban J connectivity index is 1.82. The van der Waals surface area contributed by atoms with Crippen molar-refractivity contribution in [3.05, 3.63) is 68.5 Å². The lowest BCUT2D eigenvalue weighted by atomic mass is 10.2. The van der Waals surface area contributed by atoms with Crippen LogP contribution < -0.4 is 21.3 Å². The SMILES string of the molecule is COc1ccc(CNC(=O)c2cnc3c(c2)c(=O)[nH]c(=O)n3C)cc1. The summed E-state index contributed by atoms with van der Waals surface area (Å²) in [6, 6.07) is 8.72. The lowest BCUT2D eigenvalue weighted by Crippen LogP contribution is -2.29. The van der Waals surface area contributed by atoms with Crippen LogP contribution in [-0.2, 0) is 13.6 Å². The lowest BCUT2D eigenvalue weighted by Gasteiger charge is -2.08. The van der Waals surface area contributed by atoms with E-state index in [0.717, 1.165) is 11.3 Å². The number of nitrogens with one attached hydrogen (secondary N) is 2. The summed E-state index contributed by atoms with van der Waals surface area (Å²) < 4.78 is 6.30. The first-order valence-electron chi connectivity index (χ1n) is 7.50. The van der Waals surface area contributed by atoms with Crippen molar-refractivity contribution in [1.82, 2.24) is 19.9 Å². The molecule has 0 bridgehead atoms. The van der Waals surface area contributed by atoms with Gasteiger partial charge in [0.05, 0.1) is 18.1 Å². The number of methoxy groups -OCH3 is 1. The van der Waals surface area contributed by atoms with E-state index in [2.05, 4.69) is 15.3 Å². The zero-order valence-corrected chi connectivity index (χ0v) is 13.7. The van der Waals surface area contributed by atoms with Gasteiger partial charge in [0.2, 0.25) is 0 Å². The van der Waals surface area contributed by atoms with E-state index in [-0.39, 0.29) is 22.5 Å². The number of hydrogen-bond donors (Lipinski definition) is 2. The molecule has 3 aromatic rings. The molecule has 25 heavy (non-hydrogen) atoms. The number of aromatic nitrogens is 3. The molecule has 1 aromatic carbocycles. The molecule has 0 unspecified atom stereocenters. The van der Waals surface area contributed by atoms with Gasteiger partial charge in [-0.25, -0.2) is 9.78 Å². The van der Waals surface area contributed by atoms with Crippen molar-refractivity contribution in [1.29, 1.82) is 0 Å². The Morgan fingerprint density at radius 3 is 2.68 bits per heavy atom. The number of benzene rings is 1. The number of carbonyl (C=O) groups excluding carboxylic acids is 1. The van der Waals surface area contributed by atoms with Crippen LogP contribution in [0.4, 0.5) is 0 Å². The number of carbonyl (C=O) groups is 1. The minimum Gasteiger partial charge on any atom is -0.497 e. The predicted molar refractivity (Wildman–Crippen MR) is 91.8 cm³/mol. The molecular formula is C17H16N4O4. The molecule has 2 heterocycles. The molecule has 0 aliphatic rings. The highest BCUT2D eigenvalue weighted by molar-refractivity contribution is 5.96. The fourth-order valence-corrected chi connectivity index (χ4v) is 2.39. The van der Waals surface area contributed by atoms with Gasteiger partial charge in [0.1, 0.15) is 11.4 Å². The zero-order chi connectivity index (χ0) is 18.0. The lowest BCUT2D eigenvalue weighted by molar-refractivity contribution is 0.0950. The smallest absolute Gasteiger partial charge is 0.329 e. The molecule has 2 N–H and O–H groups in total. The summed E-state index contributed by atoms with van der Waals surface area (Å²) in [6.45, 7) is 0.324. The Labute approximate surface area is 142 Å². The van der Waals surface area contributed by atoms with Gasteiger partial charge in [0, 0.05) is 19.8 Å². The van der Waals surface area contributed by atoms with E-state index in [1.165, 1.54) is 23.9 Å². The number of fused-ring (bicyclic) bond motifs is 1. The van der Waals surface area contributed by atoms with Gasteiger partial charge >= 0.3 is 5.69 Å². The summed E-state index contributed by atoms with van der Waals surface area (Å²) >= 11 is 0. The highest BCUT2D eigenvalue weighted by atomic mass is 16.5. The van der Waals surface area contributed by atoms with Crippen LogP contribution in [0.3, 0.4) is 0 Å². The minimum atomic E-state index is -0.574. The molecule has 0 spiro atoms. The fraction of sp³-hybridized carbons (Fsp3) is 0.176. The molecule has 2 aromatic heterocycles. The molecule has 0 atom stereocenters. The molecule has 0 aliphatic carbocycles. The van der Waals surface area contributed by atoms with Crippen molar-refractivity contribution in [3.63, 3.8) is 0 Å². The standard InChI is InChI=1S/C17H16N4O4/c1-21-14-13(16(23)20-17(21)24)7-11(9-18-14)15(22)19-8-10-3-5-12(25-2)6-4-10/h3-7,9H,8H2,1-2H3,(H,19,22)(H,20,23,24). The number of aryl methyl sites for hydroxylation is 1. The molecule has 3 rings (SSSR count). The molecule has 128 valence electrons. The van der Waals surface area contributed by atoms with Crippen LogP contribution >= 0.6 is 0 Å². The molecule has 0 fully saturated rings. The van der Waals surface area contributed by atoms with Gasteiger partial charge in [-0.2, -0.15) is 0 Å². The van der Waals surface area contributed by atoms with Crippen LogP contribution in [0.15, 0.2) is 46.1 Å². The Morgan fingerprint density at radius 1 is 1.28 bits per heavy atom. The Bertz CT molecular complexity index is 1050. The van der Waals surface area contributed by atoms with E-state index in [4.69, 9.17) is 4.74 Å². The number of nitrogens with zero attached hydrogens (tertiary/aromatic N) is 2. The summed E-state index contributed by atoms with van der Waals surface area (Å²) in [7, 11) is 3.08. The van der Waals surface area contributed by atoms with Crippen LogP contribution in [0.5, 0.6) is 5.75 Å². The van der Waals surface area contributed by atoms with E-state index < -0.39 is 11.2 Å².